The topological polar surface area (TPSA) is 134 Å². The Labute approximate surface area is 435 Å². The first-order chi connectivity index (χ1) is 34.8. The van der Waals surface area contributed by atoms with Crippen LogP contribution in [0.3, 0.4) is 0 Å². The molecular weight excluding hydrogens is 906 g/mol. The van der Waals surface area contributed by atoms with Crippen molar-refractivity contribution >= 4 is 19.8 Å². The molecule has 3 N–H and O–H groups in total. The summed E-state index contributed by atoms with van der Waals surface area (Å²) in [6, 6.07) is 0. The number of hydrogen-bond acceptors (Lipinski definition) is 8. The van der Waals surface area contributed by atoms with Gasteiger partial charge in [-0.05, 0) is 83.5 Å². The van der Waals surface area contributed by atoms with Crippen molar-refractivity contribution in [3.8, 4) is 0 Å². The minimum absolute atomic E-state index is 0.0456. The number of phosphoric acid groups is 1. The Morgan fingerprint density at radius 2 is 0.775 bits per heavy atom. The zero-order valence-electron chi connectivity index (χ0n) is 45.2. The predicted octanol–water partition coefficient (Wildman–Crippen LogP) is 17.8. The van der Waals surface area contributed by atoms with Crippen LogP contribution in [0.2, 0.25) is 0 Å². The van der Waals surface area contributed by atoms with Gasteiger partial charge in [-0.15, -0.1) is 0 Å². The van der Waals surface area contributed by atoms with Crippen molar-refractivity contribution in [2.75, 3.05) is 26.4 Å². The van der Waals surface area contributed by atoms with Crippen LogP contribution in [-0.2, 0) is 32.7 Å². The van der Waals surface area contributed by atoms with E-state index in [0.29, 0.717) is 6.42 Å². The van der Waals surface area contributed by atoms with E-state index in [-0.39, 0.29) is 38.6 Å². The molecule has 0 aromatic carbocycles. The Hall–Kier alpha value is -3.33. The summed E-state index contributed by atoms with van der Waals surface area (Å²) in [5.74, 6) is -0.851. The molecule has 71 heavy (non-hydrogen) atoms. The van der Waals surface area contributed by atoms with Gasteiger partial charge in [-0.25, -0.2) is 4.57 Å². The van der Waals surface area contributed by atoms with Crippen LogP contribution >= 0.6 is 7.82 Å². The molecule has 0 spiro atoms. The predicted molar refractivity (Wildman–Crippen MR) is 302 cm³/mol. The molecule has 2 atom stereocenters. The number of nitrogens with two attached hydrogens (primary N) is 1. The highest BCUT2D eigenvalue weighted by atomic mass is 31.2. The molecule has 0 heterocycles. The Morgan fingerprint density at radius 3 is 1.15 bits per heavy atom. The fourth-order valence-corrected chi connectivity index (χ4v) is 8.28. The molecule has 0 fully saturated rings. The molecule has 0 saturated heterocycles. The van der Waals surface area contributed by atoms with E-state index in [1.54, 1.807) is 0 Å². The summed E-state index contributed by atoms with van der Waals surface area (Å²) >= 11 is 0. The van der Waals surface area contributed by atoms with Crippen LogP contribution in [-0.4, -0.2) is 49.3 Å². The maximum atomic E-state index is 12.7. The molecule has 0 aliphatic carbocycles. The van der Waals surface area contributed by atoms with Gasteiger partial charge in [0, 0.05) is 19.4 Å². The van der Waals surface area contributed by atoms with Crippen LogP contribution in [0, 0.1) is 0 Å². The second kappa shape index (κ2) is 56.0. The largest absolute Gasteiger partial charge is 0.472 e. The summed E-state index contributed by atoms with van der Waals surface area (Å²) in [5, 5.41) is 0. The number of ether oxygens (including phenoxy) is 2. The maximum Gasteiger partial charge on any atom is 0.472 e. The fraction of sp³-hybridized carbons (Fsp3) is 0.672. The lowest BCUT2D eigenvalue weighted by atomic mass is 10.0. The molecule has 0 aliphatic heterocycles. The summed E-state index contributed by atoms with van der Waals surface area (Å²) in [6.07, 6.45) is 75.6. The highest BCUT2D eigenvalue weighted by Crippen LogP contribution is 2.43. The standard InChI is InChI=1S/C61H104NO8P/c1-3-5-7-9-11-13-15-17-19-21-22-23-24-25-26-27-28-29-30-31-32-33-34-35-36-38-40-42-44-46-48-50-52-54-61(64)70-59(58-69-71(65,66)68-56-55-62)57-67-60(63)53-51-49-47-45-43-41-39-37-20-18-16-14-12-10-8-6-4-2/h5,7,11,13,17,19,22-23,25-26,28-29,31-32,34-35,38,40,59H,3-4,6,8-10,12,14-16,18,20-21,24,27,30,33,36-37,39,41-58,62H2,1-2H3,(H,65,66)/b7-5-,13-11-,19-17-,23-22-,26-25-,29-28-,32-31-,35-34-,40-38-. The van der Waals surface area contributed by atoms with Gasteiger partial charge in [-0.3, -0.25) is 18.6 Å². The SMILES string of the molecule is CC/C=C\C/C=C\C/C=C\C/C=C\C/C=C\C/C=C\C/C=C\C/C=C\C/C=C\CCCCCCCC(=O)OC(COC(=O)CCCCCCCCCCCCCCCCCCC)COP(=O)(O)OCCN. The number of esters is 2. The molecule has 0 aromatic rings. The quantitative estimate of drug-likeness (QED) is 0.0264. The van der Waals surface area contributed by atoms with Crippen molar-refractivity contribution in [2.24, 2.45) is 5.73 Å². The molecule has 0 saturated carbocycles. The summed E-state index contributed by atoms with van der Waals surface area (Å²) in [7, 11) is -4.40. The van der Waals surface area contributed by atoms with Crippen molar-refractivity contribution in [1.82, 2.24) is 0 Å². The van der Waals surface area contributed by atoms with Gasteiger partial charge in [-0.2, -0.15) is 0 Å². The van der Waals surface area contributed by atoms with Gasteiger partial charge in [0.15, 0.2) is 6.10 Å². The number of hydrogen-bond donors (Lipinski definition) is 2. The zero-order valence-corrected chi connectivity index (χ0v) is 46.1. The van der Waals surface area contributed by atoms with Crippen molar-refractivity contribution < 1.29 is 37.6 Å². The Morgan fingerprint density at radius 1 is 0.437 bits per heavy atom. The Balaban J connectivity index is 4.07. The van der Waals surface area contributed by atoms with Gasteiger partial charge < -0.3 is 20.1 Å². The molecule has 9 nitrogen and oxygen atoms in total. The third kappa shape index (κ3) is 55.8. The zero-order chi connectivity index (χ0) is 51.7. The molecule has 0 amide bonds. The van der Waals surface area contributed by atoms with E-state index in [9.17, 15) is 19.0 Å². The number of carbonyl (C=O) groups is 2. The van der Waals surface area contributed by atoms with Crippen LogP contribution in [0.1, 0.15) is 232 Å². The van der Waals surface area contributed by atoms with E-state index in [1.165, 1.54) is 89.9 Å². The van der Waals surface area contributed by atoms with Crippen molar-refractivity contribution in [2.45, 2.75) is 238 Å². The summed E-state index contributed by atoms with van der Waals surface area (Å²) in [6.45, 7) is 3.61. The van der Waals surface area contributed by atoms with Crippen LogP contribution in [0.25, 0.3) is 0 Å². The minimum atomic E-state index is -4.40. The first-order valence-electron chi connectivity index (χ1n) is 28.4. The third-order valence-electron chi connectivity index (χ3n) is 11.7. The second-order valence-corrected chi connectivity index (χ2v) is 19.9. The smallest absolute Gasteiger partial charge is 0.462 e. The lowest BCUT2D eigenvalue weighted by molar-refractivity contribution is -0.161. The van der Waals surface area contributed by atoms with E-state index in [1.807, 2.05) is 0 Å². The van der Waals surface area contributed by atoms with E-state index >= 15 is 0 Å². The monoisotopic (exact) mass is 1010 g/mol. The highest BCUT2D eigenvalue weighted by molar-refractivity contribution is 7.47. The van der Waals surface area contributed by atoms with Crippen molar-refractivity contribution in [1.29, 1.82) is 0 Å². The molecule has 0 radical (unpaired) electrons. The van der Waals surface area contributed by atoms with Crippen LogP contribution in [0.5, 0.6) is 0 Å². The summed E-state index contributed by atoms with van der Waals surface area (Å²) in [4.78, 5) is 35.1. The molecule has 0 aliphatic rings. The van der Waals surface area contributed by atoms with E-state index < -0.39 is 26.5 Å². The van der Waals surface area contributed by atoms with Gasteiger partial charge >= 0.3 is 19.8 Å². The van der Waals surface area contributed by atoms with Gasteiger partial charge in [-0.1, -0.05) is 245 Å². The summed E-state index contributed by atoms with van der Waals surface area (Å²) < 4.78 is 33.0. The summed E-state index contributed by atoms with van der Waals surface area (Å²) in [5.41, 5.74) is 5.37. The van der Waals surface area contributed by atoms with Gasteiger partial charge in [0.1, 0.15) is 6.61 Å². The maximum absolute atomic E-state index is 12.7. The molecule has 2 unspecified atom stereocenters. The van der Waals surface area contributed by atoms with Gasteiger partial charge in [0.05, 0.1) is 13.2 Å². The lowest BCUT2D eigenvalue weighted by Gasteiger charge is -2.19. The van der Waals surface area contributed by atoms with E-state index in [0.717, 1.165) is 109 Å². The number of unbranched alkanes of at least 4 members (excludes halogenated alkanes) is 21. The second-order valence-electron chi connectivity index (χ2n) is 18.4. The Kier molecular flexibility index (Phi) is 53.3. The molecule has 406 valence electrons. The van der Waals surface area contributed by atoms with Gasteiger partial charge in [0.25, 0.3) is 0 Å². The first-order valence-corrected chi connectivity index (χ1v) is 29.9. The van der Waals surface area contributed by atoms with Crippen LogP contribution < -0.4 is 5.73 Å². The molecular formula is C61H104NO8P. The third-order valence-corrected chi connectivity index (χ3v) is 12.7. The number of carbonyl (C=O) groups excluding carboxylic acids is 2. The van der Waals surface area contributed by atoms with E-state index in [2.05, 4.69) is 123 Å². The molecule has 0 bridgehead atoms. The highest BCUT2D eigenvalue weighted by Gasteiger charge is 2.26. The number of allylic oxidation sites excluding steroid dienone is 18. The first kappa shape index (κ1) is 67.7. The average Bonchev–Trinajstić information content (AvgIpc) is 3.36. The Bertz CT molecular complexity index is 1530. The van der Waals surface area contributed by atoms with Crippen molar-refractivity contribution in [3.63, 3.8) is 0 Å². The molecule has 10 heteroatoms. The number of phosphoric ester groups is 1. The normalized spacial score (nSPS) is 13.9. The molecule has 0 rings (SSSR count). The minimum Gasteiger partial charge on any atom is -0.462 e. The lowest BCUT2D eigenvalue weighted by Crippen LogP contribution is -2.29. The average molecular weight is 1010 g/mol. The van der Waals surface area contributed by atoms with Gasteiger partial charge in [0.2, 0.25) is 0 Å². The van der Waals surface area contributed by atoms with Crippen LogP contribution in [0.4, 0.5) is 0 Å². The molecule has 0 aromatic heterocycles. The van der Waals surface area contributed by atoms with E-state index in [4.69, 9.17) is 24.3 Å². The fourth-order valence-electron chi connectivity index (χ4n) is 7.51. The number of rotatable bonds is 52. The van der Waals surface area contributed by atoms with Crippen LogP contribution in [0.15, 0.2) is 109 Å². The van der Waals surface area contributed by atoms with Crippen molar-refractivity contribution in [3.05, 3.63) is 109 Å².